The van der Waals surface area contributed by atoms with E-state index in [4.69, 9.17) is 0 Å². The molecule has 83 valence electrons. The van der Waals surface area contributed by atoms with Gasteiger partial charge in [-0.3, -0.25) is 4.79 Å². The fraction of sp³-hybridized carbons (Fsp3) is 0.643. The smallest absolute Gasteiger partial charge is 0.198 e. The van der Waals surface area contributed by atoms with Gasteiger partial charge in [0, 0.05) is 19.3 Å². The second-order valence-electron chi connectivity index (χ2n) is 3.50. The van der Waals surface area contributed by atoms with Gasteiger partial charge in [0.15, 0.2) is 6.29 Å². The maximum atomic E-state index is 9.88. The molecule has 0 aromatic carbocycles. The molecule has 0 aliphatic heterocycles. The van der Waals surface area contributed by atoms with E-state index in [0.717, 1.165) is 25.7 Å². The van der Waals surface area contributed by atoms with Gasteiger partial charge in [-0.05, 0) is 19.3 Å². The maximum absolute atomic E-state index is 9.88. The summed E-state index contributed by atoms with van der Waals surface area (Å²) in [6.45, 7) is 2.20. The van der Waals surface area contributed by atoms with Crippen LogP contribution < -0.4 is 0 Å². The fourth-order valence-electron chi connectivity index (χ4n) is 1.17. The number of allylic oxidation sites excluding steroid dienone is 2. The summed E-state index contributed by atoms with van der Waals surface area (Å²) < 4.78 is 0. The molecule has 1 radical (unpaired) electrons. The van der Waals surface area contributed by atoms with E-state index in [0.29, 0.717) is 6.42 Å². The molecule has 0 heterocycles. The van der Waals surface area contributed by atoms with E-state index in [2.05, 4.69) is 24.8 Å². The average molecular weight is 205 g/mol. The van der Waals surface area contributed by atoms with Gasteiger partial charge < -0.3 is 0 Å². The van der Waals surface area contributed by atoms with Crippen LogP contribution in [0.4, 0.5) is 0 Å². The fourth-order valence-corrected chi connectivity index (χ4v) is 1.17. The molecule has 0 fully saturated rings. The van der Waals surface area contributed by atoms with Crippen LogP contribution in [0.15, 0.2) is 12.2 Å². The van der Waals surface area contributed by atoms with Crippen LogP contribution in [-0.4, -0.2) is 6.29 Å². The van der Waals surface area contributed by atoms with Gasteiger partial charge >= 0.3 is 0 Å². The zero-order valence-corrected chi connectivity index (χ0v) is 9.72. The Morgan fingerprint density at radius 3 is 2.27 bits per heavy atom. The van der Waals surface area contributed by atoms with Crippen LogP contribution in [0.5, 0.6) is 0 Å². The van der Waals surface area contributed by atoms with Gasteiger partial charge in [0.1, 0.15) is 0 Å². The summed E-state index contributed by atoms with van der Waals surface area (Å²) in [5.41, 5.74) is 0. The molecule has 0 saturated heterocycles. The minimum absolute atomic E-state index is 0.513. The lowest BCUT2D eigenvalue weighted by atomic mass is 10.2. The molecule has 0 unspecified atom stereocenters. The predicted molar refractivity (Wildman–Crippen MR) is 65.2 cm³/mol. The highest BCUT2D eigenvalue weighted by Crippen LogP contribution is 1.97. The summed E-state index contributed by atoms with van der Waals surface area (Å²) in [6.07, 6.45) is 14.1. The first-order valence-corrected chi connectivity index (χ1v) is 5.87. The van der Waals surface area contributed by atoms with Gasteiger partial charge in [0.2, 0.25) is 0 Å². The summed E-state index contributed by atoms with van der Waals surface area (Å²) >= 11 is 0. The molecule has 0 aliphatic rings. The zero-order chi connectivity index (χ0) is 11.2. The monoisotopic (exact) mass is 205 g/mol. The third-order valence-corrected chi connectivity index (χ3v) is 2.05. The van der Waals surface area contributed by atoms with E-state index in [-0.39, 0.29) is 0 Å². The van der Waals surface area contributed by atoms with Gasteiger partial charge in [-0.1, -0.05) is 31.9 Å². The number of hydrogen-bond acceptors (Lipinski definition) is 1. The quantitative estimate of drug-likeness (QED) is 0.335. The lowest BCUT2D eigenvalue weighted by molar-refractivity contribution is 0.552. The van der Waals surface area contributed by atoms with Crippen molar-refractivity contribution in [1.29, 1.82) is 0 Å². The van der Waals surface area contributed by atoms with Crippen molar-refractivity contribution in [2.75, 3.05) is 0 Å². The predicted octanol–water partition coefficient (Wildman–Crippen LogP) is 3.80. The third kappa shape index (κ3) is 13.0. The number of rotatable bonds is 8. The average Bonchev–Trinajstić information content (AvgIpc) is 2.26. The van der Waals surface area contributed by atoms with Crippen LogP contribution in [0.2, 0.25) is 0 Å². The molecule has 0 aromatic heterocycles. The second-order valence-corrected chi connectivity index (χ2v) is 3.50. The molecule has 0 amide bonds. The lowest BCUT2D eigenvalue weighted by Crippen LogP contribution is -1.72. The van der Waals surface area contributed by atoms with Crippen LogP contribution >= 0.6 is 0 Å². The topological polar surface area (TPSA) is 17.1 Å². The third-order valence-electron chi connectivity index (χ3n) is 2.05. The molecular weight excluding hydrogens is 184 g/mol. The van der Waals surface area contributed by atoms with Crippen molar-refractivity contribution in [1.82, 2.24) is 0 Å². The van der Waals surface area contributed by atoms with Crippen LogP contribution in [0, 0.1) is 11.8 Å². The largest absolute Gasteiger partial charge is 0.291 e. The van der Waals surface area contributed by atoms with Crippen molar-refractivity contribution in [2.45, 2.75) is 58.3 Å². The SMILES string of the molecule is CCCCCC#CCC/C=C/CC[C]=O. The first kappa shape index (κ1) is 14.0. The summed E-state index contributed by atoms with van der Waals surface area (Å²) in [5, 5.41) is 0. The Labute approximate surface area is 94.0 Å². The maximum Gasteiger partial charge on any atom is 0.198 e. The summed E-state index contributed by atoms with van der Waals surface area (Å²) in [6, 6.07) is 0. The van der Waals surface area contributed by atoms with Gasteiger partial charge in [0.25, 0.3) is 0 Å². The van der Waals surface area contributed by atoms with Crippen molar-refractivity contribution < 1.29 is 4.79 Å². The van der Waals surface area contributed by atoms with Crippen LogP contribution in [-0.2, 0) is 4.79 Å². The Hall–Kier alpha value is -1.03. The van der Waals surface area contributed by atoms with Crippen molar-refractivity contribution in [2.24, 2.45) is 0 Å². The van der Waals surface area contributed by atoms with Gasteiger partial charge in [-0.25, -0.2) is 0 Å². The van der Waals surface area contributed by atoms with E-state index < -0.39 is 0 Å². The van der Waals surface area contributed by atoms with Crippen molar-refractivity contribution in [3.8, 4) is 11.8 Å². The highest BCUT2D eigenvalue weighted by Gasteiger charge is 1.81. The van der Waals surface area contributed by atoms with Gasteiger partial charge in [0.05, 0.1) is 0 Å². The highest BCUT2D eigenvalue weighted by atomic mass is 16.1. The molecule has 15 heavy (non-hydrogen) atoms. The molecule has 0 aliphatic carbocycles. The first-order chi connectivity index (χ1) is 7.41. The molecule has 0 N–H and O–H groups in total. The summed E-state index contributed by atoms with van der Waals surface area (Å²) in [7, 11) is 0. The summed E-state index contributed by atoms with van der Waals surface area (Å²) in [5.74, 6) is 6.33. The standard InChI is InChI=1S/C14H21O/c1-2-3-4-5-6-7-8-9-10-11-12-13-14-15/h10-11H,2-5,8-9,12-13H2,1H3/b11-10+. The number of carbonyl (C=O) groups excluding carboxylic acids is 1. The zero-order valence-electron chi connectivity index (χ0n) is 9.72. The van der Waals surface area contributed by atoms with Gasteiger partial charge in [-0.2, -0.15) is 0 Å². The molecular formula is C14H21O. The molecule has 0 saturated carbocycles. The normalized spacial score (nSPS) is 9.93. The molecule has 0 rings (SSSR count). The minimum Gasteiger partial charge on any atom is -0.291 e. The van der Waals surface area contributed by atoms with E-state index in [9.17, 15) is 4.79 Å². The highest BCUT2D eigenvalue weighted by molar-refractivity contribution is 5.50. The van der Waals surface area contributed by atoms with E-state index >= 15 is 0 Å². The molecule has 0 aromatic rings. The number of unbranched alkanes of at least 4 members (excludes halogenated alkanes) is 5. The molecule has 0 atom stereocenters. The first-order valence-electron chi connectivity index (χ1n) is 5.87. The Kier molecular flexibility index (Phi) is 12.1. The molecule has 1 heteroatoms. The number of hydrogen-bond donors (Lipinski definition) is 0. The Morgan fingerprint density at radius 2 is 1.60 bits per heavy atom. The van der Waals surface area contributed by atoms with Crippen molar-refractivity contribution in [3.63, 3.8) is 0 Å². The van der Waals surface area contributed by atoms with E-state index in [1.165, 1.54) is 19.3 Å². The second kappa shape index (κ2) is 13.0. The van der Waals surface area contributed by atoms with E-state index in [1.807, 2.05) is 12.4 Å². The Balaban J connectivity index is 3.21. The van der Waals surface area contributed by atoms with Gasteiger partial charge in [-0.15, -0.1) is 11.8 Å². The van der Waals surface area contributed by atoms with Crippen molar-refractivity contribution in [3.05, 3.63) is 12.2 Å². The molecule has 1 nitrogen and oxygen atoms in total. The summed E-state index contributed by atoms with van der Waals surface area (Å²) in [4.78, 5) is 9.88. The molecule has 0 bridgehead atoms. The van der Waals surface area contributed by atoms with Crippen LogP contribution in [0.25, 0.3) is 0 Å². The van der Waals surface area contributed by atoms with Crippen LogP contribution in [0.1, 0.15) is 58.3 Å². The minimum atomic E-state index is 0.513. The Bertz CT molecular complexity index is 217. The molecule has 0 spiro atoms. The van der Waals surface area contributed by atoms with Crippen LogP contribution in [0.3, 0.4) is 0 Å². The Morgan fingerprint density at radius 1 is 0.933 bits per heavy atom. The lowest BCUT2D eigenvalue weighted by Gasteiger charge is -1.88. The van der Waals surface area contributed by atoms with Crippen molar-refractivity contribution >= 4 is 6.29 Å². The van der Waals surface area contributed by atoms with E-state index in [1.54, 1.807) is 0 Å².